The molecule has 0 radical (unpaired) electrons. The minimum absolute atomic E-state index is 0.00925. The van der Waals surface area contributed by atoms with E-state index in [1.165, 1.54) is 36.5 Å². The maximum atomic E-state index is 13.4. The summed E-state index contributed by atoms with van der Waals surface area (Å²) in [5.74, 6) is -1.08. The number of benzene rings is 2. The van der Waals surface area contributed by atoms with Crippen LogP contribution in [0.15, 0.2) is 52.9 Å². The molecule has 3 rings (SSSR count). The summed E-state index contributed by atoms with van der Waals surface area (Å²) in [6.45, 7) is 0.0657. The highest BCUT2D eigenvalue weighted by molar-refractivity contribution is 7.93. The lowest BCUT2D eigenvalue weighted by molar-refractivity contribution is 0.0950. The van der Waals surface area contributed by atoms with Crippen molar-refractivity contribution in [3.05, 3.63) is 75.0 Å². The fraction of sp³-hybridized carbons (Fsp3) is 0.0588. The summed E-state index contributed by atoms with van der Waals surface area (Å²) in [4.78, 5) is 15.9. The maximum absolute atomic E-state index is 13.4. The van der Waals surface area contributed by atoms with Crippen LogP contribution in [0.1, 0.15) is 15.9 Å². The highest BCUT2D eigenvalue weighted by Crippen LogP contribution is 2.25. The monoisotopic (exact) mass is 459 g/mol. The van der Waals surface area contributed by atoms with Gasteiger partial charge in [0.1, 0.15) is 10.7 Å². The number of carbonyl (C=O) groups excluding carboxylic acids is 1. The summed E-state index contributed by atoms with van der Waals surface area (Å²) in [5, 5.41) is 4.30. The molecule has 2 N–H and O–H groups in total. The second-order valence-corrected chi connectivity index (χ2v) is 8.88. The van der Waals surface area contributed by atoms with Gasteiger partial charge in [0.05, 0.1) is 10.0 Å². The zero-order valence-electron chi connectivity index (χ0n) is 13.9. The van der Waals surface area contributed by atoms with Crippen LogP contribution in [-0.2, 0) is 16.6 Å². The van der Waals surface area contributed by atoms with Crippen LogP contribution in [0.3, 0.4) is 0 Å². The van der Waals surface area contributed by atoms with Gasteiger partial charge >= 0.3 is 0 Å². The molecular formula is C17H12Cl2FN3O3S2. The van der Waals surface area contributed by atoms with Gasteiger partial charge in [-0.1, -0.05) is 29.3 Å². The second-order valence-electron chi connectivity index (χ2n) is 5.52. The summed E-state index contributed by atoms with van der Waals surface area (Å²) < 4.78 is 40.5. The van der Waals surface area contributed by atoms with E-state index in [1.807, 2.05) is 0 Å². The van der Waals surface area contributed by atoms with Crippen LogP contribution in [0.4, 0.5) is 9.52 Å². The number of sulfonamides is 1. The number of thiazole rings is 1. The zero-order chi connectivity index (χ0) is 20.3. The normalized spacial score (nSPS) is 11.2. The minimum Gasteiger partial charge on any atom is -0.348 e. The molecule has 0 fully saturated rings. The minimum atomic E-state index is -3.94. The van der Waals surface area contributed by atoms with E-state index in [-0.39, 0.29) is 32.2 Å². The number of rotatable bonds is 6. The summed E-state index contributed by atoms with van der Waals surface area (Å²) in [6.07, 6.45) is 1.46. The Labute approximate surface area is 174 Å². The molecule has 0 saturated carbocycles. The largest absolute Gasteiger partial charge is 0.348 e. The van der Waals surface area contributed by atoms with Gasteiger partial charge in [-0.25, -0.2) is 17.8 Å². The predicted octanol–water partition coefficient (Wildman–Crippen LogP) is 4.32. The van der Waals surface area contributed by atoms with Crippen LogP contribution in [-0.4, -0.2) is 19.3 Å². The average molecular weight is 460 g/mol. The lowest BCUT2D eigenvalue weighted by Gasteiger charge is -2.10. The van der Waals surface area contributed by atoms with Crippen molar-refractivity contribution in [1.29, 1.82) is 0 Å². The van der Waals surface area contributed by atoms with Crippen LogP contribution < -0.4 is 10.0 Å². The number of anilines is 1. The SMILES string of the molecule is O=C(NCc1ccc(Cl)c(F)c1)c1ccc(S(=O)(=O)Nc2nccs2)c(Cl)c1. The van der Waals surface area contributed by atoms with Gasteiger partial charge in [-0.3, -0.25) is 9.52 Å². The Kier molecular flexibility index (Phi) is 6.19. The van der Waals surface area contributed by atoms with E-state index in [0.29, 0.717) is 5.56 Å². The average Bonchev–Trinajstić information content (AvgIpc) is 3.14. The van der Waals surface area contributed by atoms with Gasteiger partial charge in [0.15, 0.2) is 5.13 Å². The standard InChI is InChI=1S/C17H12Cl2FN3O3S2/c18-12-3-1-10(7-14(12)20)9-22-16(24)11-2-4-15(13(19)8-11)28(25,26)23-17-21-5-6-27-17/h1-8H,9H2,(H,21,23)(H,22,24). The predicted molar refractivity (Wildman–Crippen MR) is 107 cm³/mol. The highest BCUT2D eigenvalue weighted by Gasteiger charge is 2.20. The molecule has 0 aliphatic carbocycles. The number of hydrogen-bond acceptors (Lipinski definition) is 5. The molecule has 0 unspecified atom stereocenters. The first-order valence-corrected chi connectivity index (χ1v) is 10.8. The molecule has 1 amide bonds. The molecule has 2 aromatic carbocycles. The van der Waals surface area contributed by atoms with Gasteiger partial charge in [0.25, 0.3) is 15.9 Å². The van der Waals surface area contributed by atoms with E-state index in [0.717, 1.165) is 11.3 Å². The summed E-state index contributed by atoms with van der Waals surface area (Å²) >= 11 is 12.8. The summed E-state index contributed by atoms with van der Waals surface area (Å²) in [7, 11) is -3.94. The van der Waals surface area contributed by atoms with Crippen molar-refractivity contribution in [2.75, 3.05) is 4.72 Å². The first kappa shape index (κ1) is 20.5. The van der Waals surface area contributed by atoms with E-state index < -0.39 is 21.7 Å². The quantitative estimate of drug-likeness (QED) is 0.574. The van der Waals surface area contributed by atoms with Gasteiger partial charge in [-0.2, -0.15) is 0 Å². The lowest BCUT2D eigenvalue weighted by atomic mass is 10.2. The fourth-order valence-corrected chi connectivity index (χ4v) is 4.69. The van der Waals surface area contributed by atoms with Crippen molar-refractivity contribution < 1.29 is 17.6 Å². The fourth-order valence-electron chi connectivity index (χ4n) is 2.24. The Balaban J connectivity index is 1.72. The number of nitrogens with one attached hydrogen (secondary N) is 2. The smallest absolute Gasteiger partial charge is 0.265 e. The molecule has 6 nitrogen and oxygen atoms in total. The number of nitrogens with zero attached hydrogens (tertiary/aromatic N) is 1. The molecule has 28 heavy (non-hydrogen) atoms. The van der Waals surface area contributed by atoms with Gasteiger partial charge < -0.3 is 5.32 Å². The molecule has 1 aromatic heterocycles. The van der Waals surface area contributed by atoms with Crippen molar-refractivity contribution in [3.8, 4) is 0 Å². The van der Waals surface area contributed by atoms with Crippen LogP contribution >= 0.6 is 34.5 Å². The van der Waals surface area contributed by atoms with E-state index >= 15 is 0 Å². The molecule has 0 atom stereocenters. The summed E-state index contributed by atoms with van der Waals surface area (Å²) in [5.41, 5.74) is 0.681. The molecule has 0 saturated heterocycles. The first-order valence-electron chi connectivity index (χ1n) is 7.70. The van der Waals surface area contributed by atoms with Crippen LogP contribution in [0, 0.1) is 5.82 Å². The molecule has 0 spiro atoms. The number of carbonyl (C=O) groups is 1. The Bertz CT molecular complexity index is 1120. The van der Waals surface area contributed by atoms with E-state index in [2.05, 4.69) is 15.0 Å². The Morgan fingerprint density at radius 1 is 1.14 bits per heavy atom. The zero-order valence-corrected chi connectivity index (χ0v) is 17.1. The maximum Gasteiger partial charge on any atom is 0.265 e. The van der Waals surface area contributed by atoms with Crippen molar-refractivity contribution in [1.82, 2.24) is 10.3 Å². The van der Waals surface area contributed by atoms with Crippen molar-refractivity contribution in [2.24, 2.45) is 0 Å². The Morgan fingerprint density at radius 2 is 1.93 bits per heavy atom. The third-order valence-corrected chi connectivity index (χ3v) is 6.52. The molecule has 0 bridgehead atoms. The lowest BCUT2D eigenvalue weighted by Crippen LogP contribution is -2.23. The number of aromatic nitrogens is 1. The van der Waals surface area contributed by atoms with E-state index in [9.17, 15) is 17.6 Å². The van der Waals surface area contributed by atoms with Crippen LogP contribution in [0.5, 0.6) is 0 Å². The number of halogens is 3. The van der Waals surface area contributed by atoms with Crippen molar-refractivity contribution in [2.45, 2.75) is 11.4 Å². The van der Waals surface area contributed by atoms with Gasteiger partial charge in [-0.05, 0) is 35.9 Å². The van der Waals surface area contributed by atoms with E-state index in [4.69, 9.17) is 23.2 Å². The third-order valence-electron chi connectivity index (χ3n) is 3.57. The van der Waals surface area contributed by atoms with Crippen LogP contribution in [0.25, 0.3) is 0 Å². The third kappa shape index (κ3) is 4.79. The van der Waals surface area contributed by atoms with E-state index in [1.54, 1.807) is 11.4 Å². The topological polar surface area (TPSA) is 88.2 Å². The van der Waals surface area contributed by atoms with Gasteiger partial charge in [0.2, 0.25) is 0 Å². The van der Waals surface area contributed by atoms with Crippen LogP contribution in [0.2, 0.25) is 10.0 Å². The molecule has 1 heterocycles. The molecule has 11 heteroatoms. The molecule has 3 aromatic rings. The van der Waals surface area contributed by atoms with Gasteiger partial charge in [0, 0.05) is 23.7 Å². The molecule has 0 aliphatic rings. The number of hydrogen-bond donors (Lipinski definition) is 2. The second kappa shape index (κ2) is 8.44. The molecular weight excluding hydrogens is 448 g/mol. The van der Waals surface area contributed by atoms with Gasteiger partial charge in [-0.15, -0.1) is 11.3 Å². The van der Waals surface area contributed by atoms with Crippen molar-refractivity contribution in [3.63, 3.8) is 0 Å². The molecule has 146 valence electrons. The van der Waals surface area contributed by atoms with Crippen molar-refractivity contribution >= 4 is 55.6 Å². The Morgan fingerprint density at radius 3 is 2.57 bits per heavy atom. The molecule has 0 aliphatic heterocycles. The Hall–Kier alpha value is -2.20. The first-order chi connectivity index (χ1) is 13.3. The highest BCUT2D eigenvalue weighted by atomic mass is 35.5. The number of amides is 1. The summed E-state index contributed by atoms with van der Waals surface area (Å²) in [6, 6.07) is 8.00.